The molecule has 2 N–H and O–H groups in total. The summed E-state index contributed by atoms with van der Waals surface area (Å²) >= 11 is 5.85. The molecule has 0 bridgehead atoms. The lowest BCUT2D eigenvalue weighted by Crippen LogP contribution is -2.38. The van der Waals surface area contributed by atoms with E-state index in [1.165, 1.54) is 0 Å². The van der Waals surface area contributed by atoms with E-state index < -0.39 is 0 Å². The largest absolute Gasteiger partial charge is 0.363 e. The molecule has 0 unspecified atom stereocenters. The first-order valence-electron chi connectivity index (χ1n) is 9.75. The summed E-state index contributed by atoms with van der Waals surface area (Å²) < 4.78 is 0. The summed E-state index contributed by atoms with van der Waals surface area (Å²) in [5, 5.41) is 8.34. The van der Waals surface area contributed by atoms with Gasteiger partial charge in [0.25, 0.3) is 0 Å². The third-order valence-corrected chi connectivity index (χ3v) is 4.72. The van der Waals surface area contributed by atoms with E-state index in [1.807, 2.05) is 49.3 Å². The Labute approximate surface area is 200 Å². The Morgan fingerprint density at radius 1 is 1.13 bits per heavy atom. The molecule has 0 saturated heterocycles. The van der Waals surface area contributed by atoms with Crippen molar-refractivity contribution in [3.8, 4) is 0 Å². The van der Waals surface area contributed by atoms with Crippen LogP contribution in [0.1, 0.15) is 18.1 Å². The van der Waals surface area contributed by atoms with E-state index in [4.69, 9.17) is 21.6 Å². The van der Waals surface area contributed by atoms with Gasteiger partial charge in [-0.25, -0.2) is 15.0 Å². The standard InChI is InChI=1S/C22H27ClN6.HI/c1-4-24-22(25-12-11-16-9-10-20(23)26-14-16)27-15-17-13-21(29(2)3)28-19-8-6-5-7-18(17)19;/h5-10,13-14H,4,11-12,15H2,1-3H3,(H2,24,25,27);1H. The molecule has 30 heavy (non-hydrogen) atoms. The van der Waals surface area contributed by atoms with Crippen molar-refractivity contribution in [2.24, 2.45) is 4.99 Å². The van der Waals surface area contributed by atoms with Crippen molar-refractivity contribution in [1.82, 2.24) is 20.6 Å². The molecule has 0 radical (unpaired) electrons. The number of guanidine groups is 1. The number of benzene rings is 1. The maximum atomic E-state index is 5.85. The lowest BCUT2D eigenvalue weighted by Gasteiger charge is -2.15. The number of hydrogen-bond acceptors (Lipinski definition) is 4. The molecule has 0 atom stereocenters. The molecule has 0 saturated carbocycles. The summed E-state index contributed by atoms with van der Waals surface area (Å²) in [6.07, 6.45) is 2.65. The second kappa shape index (κ2) is 11.9. The monoisotopic (exact) mass is 538 g/mol. The lowest BCUT2D eigenvalue weighted by atomic mass is 10.1. The molecule has 0 spiro atoms. The predicted molar refractivity (Wildman–Crippen MR) is 137 cm³/mol. The molecular formula is C22H28ClIN6. The van der Waals surface area contributed by atoms with Gasteiger partial charge >= 0.3 is 0 Å². The van der Waals surface area contributed by atoms with Crippen LogP contribution in [0.3, 0.4) is 0 Å². The number of aliphatic imine (C=N–C) groups is 1. The predicted octanol–water partition coefficient (Wildman–Crippen LogP) is 4.27. The molecule has 0 amide bonds. The number of pyridine rings is 2. The second-order valence-corrected chi connectivity index (χ2v) is 7.30. The van der Waals surface area contributed by atoms with Crippen LogP contribution in [0.5, 0.6) is 0 Å². The highest BCUT2D eigenvalue weighted by molar-refractivity contribution is 14.0. The van der Waals surface area contributed by atoms with Gasteiger partial charge in [-0.2, -0.15) is 0 Å². The number of nitrogens with zero attached hydrogens (tertiary/aromatic N) is 4. The van der Waals surface area contributed by atoms with E-state index in [1.54, 1.807) is 6.20 Å². The summed E-state index contributed by atoms with van der Waals surface area (Å²) in [6, 6.07) is 14.1. The van der Waals surface area contributed by atoms with Crippen LogP contribution in [0.4, 0.5) is 5.82 Å². The first-order valence-corrected chi connectivity index (χ1v) is 10.1. The Balaban J connectivity index is 0.00000320. The molecule has 3 aromatic rings. The van der Waals surface area contributed by atoms with E-state index in [0.29, 0.717) is 11.7 Å². The van der Waals surface area contributed by atoms with Crippen molar-refractivity contribution >= 4 is 58.3 Å². The Morgan fingerprint density at radius 2 is 1.93 bits per heavy atom. The number of para-hydroxylation sites is 1. The Kier molecular flexibility index (Phi) is 9.58. The van der Waals surface area contributed by atoms with Crippen LogP contribution >= 0.6 is 35.6 Å². The first-order chi connectivity index (χ1) is 14.1. The quantitative estimate of drug-likeness (QED) is 0.204. The van der Waals surface area contributed by atoms with E-state index in [9.17, 15) is 0 Å². The molecule has 6 nitrogen and oxygen atoms in total. The van der Waals surface area contributed by atoms with Crippen molar-refractivity contribution in [3.63, 3.8) is 0 Å². The second-order valence-electron chi connectivity index (χ2n) is 6.91. The normalized spacial score (nSPS) is 11.1. The zero-order valence-corrected chi connectivity index (χ0v) is 20.6. The molecule has 0 aliphatic carbocycles. The van der Waals surface area contributed by atoms with Gasteiger partial charge in [0.2, 0.25) is 0 Å². The van der Waals surface area contributed by atoms with Crippen LogP contribution in [0.25, 0.3) is 10.9 Å². The molecule has 2 heterocycles. The Hall–Kier alpha value is -2.13. The van der Waals surface area contributed by atoms with Gasteiger partial charge in [-0.1, -0.05) is 35.9 Å². The lowest BCUT2D eigenvalue weighted by molar-refractivity contribution is 0.798. The fraction of sp³-hybridized carbons (Fsp3) is 0.318. The van der Waals surface area contributed by atoms with E-state index in [2.05, 4.69) is 34.7 Å². The maximum absolute atomic E-state index is 5.85. The number of aromatic nitrogens is 2. The van der Waals surface area contributed by atoms with Gasteiger partial charge in [0, 0.05) is 38.8 Å². The van der Waals surface area contributed by atoms with Gasteiger partial charge in [0.05, 0.1) is 12.1 Å². The smallest absolute Gasteiger partial charge is 0.191 e. The maximum Gasteiger partial charge on any atom is 0.191 e. The fourth-order valence-corrected chi connectivity index (χ4v) is 3.09. The highest BCUT2D eigenvalue weighted by atomic mass is 127. The highest BCUT2D eigenvalue weighted by Gasteiger charge is 2.07. The van der Waals surface area contributed by atoms with Gasteiger partial charge in [-0.15, -0.1) is 24.0 Å². The van der Waals surface area contributed by atoms with Gasteiger partial charge in [-0.05, 0) is 42.7 Å². The van der Waals surface area contributed by atoms with Crippen LogP contribution in [0, 0.1) is 0 Å². The molecule has 0 aliphatic heterocycles. The fourth-order valence-electron chi connectivity index (χ4n) is 2.98. The van der Waals surface area contributed by atoms with Crippen LogP contribution in [0.2, 0.25) is 5.15 Å². The van der Waals surface area contributed by atoms with E-state index in [-0.39, 0.29) is 24.0 Å². The van der Waals surface area contributed by atoms with Crippen molar-refractivity contribution in [2.75, 3.05) is 32.1 Å². The zero-order chi connectivity index (χ0) is 20.6. The molecule has 160 valence electrons. The SMILES string of the molecule is CCNC(=NCc1cc(N(C)C)nc2ccccc12)NCCc1ccc(Cl)nc1.I. The van der Waals surface area contributed by atoms with Crippen LogP contribution in [-0.2, 0) is 13.0 Å². The minimum absolute atomic E-state index is 0. The summed E-state index contributed by atoms with van der Waals surface area (Å²) in [5.41, 5.74) is 3.27. The number of hydrogen-bond donors (Lipinski definition) is 2. The van der Waals surface area contributed by atoms with Crippen LogP contribution in [0.15, 0.2) is 53.7 Å². The van der Waals surface area contributed by atoms with Gasteiger partial charge < -0.3 is 15.5 Å². The van der Waals surface area contributed by atoms with Crippen LogP contribution < -0.4 is 15.5 Å². The van der Waals surface area contributed by atoms with Gasteiger partial charge in [0.15, 0.2) is 5.96 Å². The topological polar surface area (TPSA) is 65.4 Å². The van der Waals surface area contributed by atoms with E-state index in [0.717, 1.165) is 53.3 Å². The molecule has 3 rings (SSSR count). The van der Waals surface area contributed by atoms with Gasteiger partial charge in [-0.3, -0.25) is 0 Å². The van der Waals surface area contributed by atoms with Gasteiger partial charge in [0.1, 0.15) is 11.0 Å². The average molecular weight is 539 g/mol. The summed E-state index contributed by atoms with van der Waals surface area (Å²) in [4.78, 5) is 15.6. The molecule has 2 aromatic heterocycles. The minimum atomic E-state index is 0. The summed E-state index contributed by atoms with van der Waals surface area (Å²) in [6.45, 7) is 4.19. The number of halogens is 2. The van der Waals surface area contributed by atoms with Crippen molar-refractivity contribution in [3.05, 3.63) is 64.9 Å². The molecule has 0 fully saturated rings. The number of rotatable bonds is 7. The number of anilines is 1. The van der Waals surface area contributed by atoms with Crippen molar-refractivity contribution in [1.29, 1.82) is 0 Å². The first kappa shape index (κ1) is 24.1. The molecule has 8 heteroatoms. The molecule has 1 aromatic carbocycles. The zero-order valence-electron chi connectivity index (χ0n) is 17.5. The number of fused-ring (bicyclic) bond motifs is 1. The van der Waals surface area contributed by atoms with Crippen molar-refractivity contribution < 1.29 is 0 Å². The summed E-state index contributed by atoms with van der Waals surface area (Å²) in [5.74, 6) is 1.73. The molecule has 0 aliphatic rings. The molecular weight excluding hydrogens is 511 g/mol. The Morgan fingerprint density at radius 3 is 2.63 bits per heavy atom. The Bertz CT molecular complexity index is 975. The number of nitrogens with one attached hydrogen (secondary N) is 2. The van der Waals surface area contributed by atoms with E-state index >= 15 is 0 Å². The summed E-state index contributed by atoms with van der Waals surface area (Å²) in [7, 11) is 4.00. The third kappa shape index (κ3) is 6.70. The van der Waals surface area contributed by atoms with Crippen molar-refractivity contribution in [2.45, 2.75) is 19.9 Å². The minimum Gasteiger partial charge on any atom is -0.363 e. The van der Waals surface area contributed by atoms with Crippen LogP contribution in [-0.4, -0.2) is 43.1 Å². The highest BCUT2D eigenvalue weighted by Crippen LogP contribution is 2.22. The third-order valence-electron chi connectivity index (χ3n) is 4.49. The average Bonchev–Trinajstić information content (AvgIpc) is 2.73.